The molecule has 0 bridgehead atoms. The third kappa shape index (κ3) is 3.89. The molecule has 7 heteroatoms. The summed E-state index contributed by atoms with van der Waals surface area (Å²) in [5, 5.41) is 9.42. The van der Waals surface area contributed by atoms with E-state index in [2.05, 4.69) is 4.72 Å². The molecular weight excluding hydrogens is 256 g/mol. The number of nitrogens with zero attached hydrogens (tertiary/aromatic N) is 1. The van der Waals surface area contributed by atoms with Crippen LogP contribution in [0.25, 0.3) is 0 Å². The molecule has 0 unspecified atom stereocenters. The number of nitrogens with one attached hydrogen (secondary N) is 1. The summed E-state index contributed by atoms with van der Waals surface area (Å²) in [6, 6.07) is 0. The lowest BCUT2D eigenvalue weighted by atomic mass is 9.84. The van der Waals surface area contributed by atoms with Gasteiger partial charge in [0.15, 0.2) is 0 Å². The quantitative estimate of drug-likeness (QED) is 0.685. The predicted molar refractivity (Wildman–Crippen MR) is 69.4 cm³/mol. The highest BCUT2D eigenvalue weighted by Gasteiger charge is 2.30. The van der Waals surface area contributed by atoms with Gasteiger partial charge in [-0.15, -0.1) is 0 Å². The highest BCUT2D eigenvalue weighted by atomic mass is 32.2. The summed E-state index contributed by atoms with van der Waals surface area (Å²) >= 11 is 0. The first-order chi connectivity index (χ1) is 8.49. The Labute approximate surface area is 109 Å². The van der Waals surface area contributed by atoms with E-state index in [-0.39, 0.29) is 18.6 Å². The zero-order valence-electron chi connectivity index (χ0n) is 11.2. The molecule has 1 rings (SSSR count). The van der Waals surface area contributed by atoms with Crippen molar-refractivity contribution in [3.05, 3.63) is 0 Å². The standard InChI is InChI=1S/C11H24N2O4S/c1-3-11(4-2,10-14)9-12-18(15,16)13-5-7-17-8-6-13/h12,14H,3-10H2,1-2H3. The molecule has 1 fully saturated rings. The summed E-state index contributed by atoms with van der Waals surface area (Å²) in [5.74, 6) is 0. The van der Waals surface area contributed by atoms with Gasteiger partial charge in [0.2, 0.25) is 0 Å². The third-order valence-corrected chi connectivity index (χ3v) is 5.33. The maximum atomic E-state index is 12.1. The highest BCUT2D eigenvalue weighted by molar-refractivity contribution is 7.87. The Morgan fingerprint density at radius 1 is 1.28 bits per heavy atom. The van der Waals surface area contributed by atoms with E-state index >= 15 is 0 Å². The lowest BCUT2D eigenvalue weighted by Crippen LogP contribution is -2.49. The number of hydrogen-bond donors (Lipinski definition) is 2. The lowest BCUT2D eigenvalue weighted by Gasteiger charge is -2.32. The Hall–Kier alpha value is -0.210. The summed E-state index contributed by atoms with van der Waals surface area (Å²) in [6.07, 6.45) is 1.48. The van der Waals surface area contributed by atoms with Gasteiger partial charge in [0.1, 0.15) is 0 Å². The Morgan fingerprint density at radius 2 is 1.83 bits per heavy atom. The van der Waals surface area contributed by atoms with Crippen LogP contribution in [0.1, 0.15) is 26.7 Å². The fourth-order valence-corrected chi connectivity index (χ4v) is 3.20. The first-order valence-electron chi connectivity index (χ1n) is 6.43. The van der Waals surface area contributed by atoms with Crippen molar-refractivity contribution in [1.82, 2.24) is 9.03 Å². The van der Waals surface area contributed by atoms with Crippen LogP contribution in [-0.4, -0.2) is 57.3 Å². The molecule has 0 aromatic heterocycles. The Bertz CT molecular complexity index is 327. The molecule has 0 aromatic carbocycles. The van der Waals surface area contributed by atoms with Crippen LogP contribution < -0.4 is 4.72 Å². The molecular formula is C11H24N2O4S. The van der Waals surface area contributed by atoms with E-state index in [0.29, 0.717) is 26.3 Å². The number of aliphatic hydroxyl groups is 1. The maximum Gasteiger partial charge on any atom is 0.279 e. The first-order valence-corrected chi connectivity index (χ1v) is 7.87. The monoisotopic (exact) mass is 280 g/mol. The van der Waals surface area contributed by atoms with Gasteiger partial charge in [-0.05, 0) is 12.8 Å². The number of morpholine rings is 1. The first kappa shape index (κ1) is 15.8. The van der Waals surface area contributed by atoms with E-state index in [4.69, 9.17) is 4.74 Å². The fraction of sp³-hybridized carbons (Fsp3) is 1.00. The molecule has 1 aliphatic rings. The number of aliphatic hydroxyl groups excluding tert-OH is 1. The van der Waals surface area contributed by atoms with Crippen molar-refractivity contribution < 1.29 is 18.3 Å². The van der Waals surface area contributed by atoms with Crippen LogP contribution in [0.2, 0.25) is 0 Å². The van der Waals surface area contributed by atoms with Crippen molar-refractivity contribution in [3.8, 4) is 0 Å². The number of rotatable bonds is 7. The van der Waals surface area contributed by atoms with Gasteiger partial charge in [-0.3, -0.25) is 0 Å². The highest BCUT2D eigenvalue weighted by Crippen LogP contribution is 2.24. The second-order valence-electron chi connectivity index (χ2n) is 4.70. The Kier molecular flexibility index (Phi) is 6.00. The van der Waals surface area contributed by atoms with Crippen LogP contribution in [0.5, 0.6) is 0 Å². The second kappa shape index (κ2) is 6.81. The van der Waals surface area contributed by atoms with E-state index in [1.165, 1.54) is 4.31 Å². The molecule has 2 N–H and O–H groups in total. The molecule has 0 amide bonds. The summed E-state index contributed by atoms with van der Waals surface area (Å²) in [7, 11) is -3.45. The van der Waals surface area contributed by atoms with Gasteiger partial charge in [-0.25, -0.2) is 4.72 Å². The van der Waals surface area contributed by atoms with Crippen molar-refractivity contribution in [3.63, 3.8) is 0 Å². The molecule has 0 aliphatic carbocycles. The van der Waals surface area contributed by atoms with E-state index in [1.807, 2.05) is 13.8 Å². The minimum atomic E-state index is -3.45. The van der Waals surface area contributed by atoms with Crippen molar-refractivity contribution in [2.75, 3.05) is 39.5 Å². The van der Waals surface area contributed by atoms with Crippen molar-refractivity contribution >= 4 is 10.2 Å². The normalized spacial score (nSPS) is 19.1. The van der Waals surface area contributed by atoms with Crippen LogP contribution in [-0.2, 0) is 14.9 Å². The van der Waals surface area contributed by atoms with Gasteiger partial charge in [-0.2, -0.15) is 12.7 Å². The fourth-order valence-electron chi connectivity index (χ4n) is 1.90. The number of ether oxygens (including phenoxy) is 1. The molecule has 1 aliphatic heterocycles. The zero-order chi connectivity index (χ0) is 13.6. The van der Waals surface area contributed by atoms with Gasteiger partial charge in [0, 0.05) is 31.7 Å². The van der Waals surface area contributed by atoms with Gasteiger partial charge in [-0.1, -0.05) is 13.8 Å². The van der Waals surface area contributed by atoms with Crippen LogP contribution in [0.3, 0.4) is 0 Å². The van der Waals surface area contributed by atoms with Gasteiger partial charge < -0.3 is 9.84 Å². The molecule has 1 saturated heterocycles. The third-order valence-electron chi connectivity index (χ3n) is 3.77. The SMILES string of the molecule is CCC(CC)(CO)CNS(=O)(=O)N1CCOCC1. The van der Waals surface area contributed by atoms with E-state index in [9.17, 15) is 13.5 Å². The average molecular weight is 280 g/mol. The van der Waals surface area contributed by atoms with Crippen LogP contribution in [0.15, 0.2) is 0 Å². The van der Waals surface area contributed by atoms with Gasteiger partial charge in [0.05, 0.1) is 13.2 Å². The molecule has 0 saturated carbocycles. The number of hydrogen-bond acceptors (Lipinski definition) is 4. The molecule has 18 heavy (non-hydrogen) atoms. The maximum absolute atomic E-state index is 12.1. The average Bonchev–Trinajstić information content (AvgIpc) is 2.42. The Morgan fingerprint density at radius 3 is 2.28 bits per heavy atom. The predicted octanol–water partition coefficient (Wildman–Crippen LogP) is -0.0483. The molecule has 1 heterocycles. The van der Waals surface area contributed by atoms with E-state index in [0.717, 1.165) is 12.8 Å². The van der Waals surface area contributed by atoms with Crippen molar-refractivity contribution in [2.24, 2.45) is 5.41 Å². The minimum Gasteiger partial charge on any atom is -0.396 e. The smallest absolute Gasteiger partial charge is 0.279 e. The minimum absolute atomic E-state index is 0.00830. The summed E-state index contributed by atoms with van der Waals surface area (Å²) < 4.78 is 33.2. The summed E-state index contributed by atoms with van der Waals surface area (Å²) in [5.41, 5.74) is -0.362. The van der Waals surface area contributed by atoms with Crippen LogP contribution in [0, 0.1) is 5.41 Å². The topological polar surface area (TPSA) is 78.9 Å². The van der Waals surface area contributed by atoms with Crippen molar-refractivity contribution in [2.45, 2.75) is 26.7 Å². The van der Waals surface area contributed by atoms with Gasteiger partial charge >= 0.3 is 0 Å². The summed E-state index contributed by atoms with van der Waals surface area (Å²) in [6.45, 7) is 5.84. The molecule has 108 valence electrons. The second-order valence-corrected chi connectivity index (χ2v) is 6.46. The Balaban J connectivity index is 2.59. The molecule has 0 aromatic rings. The van der Waals surface area contributed by atoms with Crippen LogP contribution in [0.4, 0.5) is 0 Å². The largest absolute Gasteiger partial charge is 0.396 e. The summed E-state index contributed by atoms with van der Waals surface area (Å²) in [4.78, 5) is 0. The molecule has 0 radical (unpaired) electrons. The van der Waals surface area contributed by atoms with Crippen LogP contribution >= 0.6 is 0 Å². The molecule has 0 atom stereocenters. The molecule has 6 nitrogen and oxygen atoms in total. The van der Waals surface area contributed by atoms with Crippen molar-refractivity contribution in [1.29, 1.82) is 0 Å². The van der Waals surface area contributed by atoms with E-state index < -0.39 is 10.2 Å². The molecule has 0 spiro atoms. The zero-order valence-corrected chi connectivity index (χ0v) is 12.0. The van der Waals surface area contributed by atoms with Gasteiger partial charge in [0.25, 0.3) is 10.2 Å². The lowest BCUT2D eigenvalue weighted by molar-refractivity contribution is 0.0716. The van der Waals surface area contributed by atoms with E-state index in [1.54, 1.807) is 0 Å².